The van der Waals surface area contributed by atoms with Gasteiger partial charge in [0.05, 0.1) is 30.0 Å². The third kappa shape index (κ3) is 3.87. The zero-order valence-corrected chi connectivity index (χ0v) is 14.6. The third-order valence-electron chi connectivity index (χ3n) is 3.86. The maximum atomic E-state index is 12.6. The molecule has 4 aromatic rings. The average Bonchev–Trinajstić information content (AvgIpc) is 3.22. The Hall–Kier alpha value is -3.63. The van der Waals surface area contributed by atoms with Crippen LogP contribution in [-0.4, -0.2) is 35.9 Å². The van der Waals surface area contributed by atoms with Gasteiger partial charge in [0.1, 0.15) is 5.75 Å². The van der Waals surface area contributed by atoms with Gasteiger partial charge < -0.3 is 10.1 Å². The molecule has 4 rings (SSSR count). The summed E-state index contributed by atoms with van der Waals surface area (Å²) in [4.78, 5) is 8.63. The molecular weight excluding hydrogens is 375 g/mol. The zero-order chi connectivity index (χ0) is 19.7. The number of hydrogen-bond donors (Lipinski definition) is 1. The Balaban J connectivity index is 1.64. The SMILES string of the molecule is Cn1cc(Nc2ncc3cnn(Cc4ccccc4OC(F)(F)F)c3n2)cn1. The first-order chi connectivity index (χ1) is 13.4. The summed E-state index contributed by atoms with van der Waals surface area (Å²) in [5.74, 6) is 0.0449. The van der Waals surface area contributed by atoms with Gasteiger partial charge in [-0.1, -0.05) is 18.2 Å². The van der Waals surface area contributed by atoms with Crippen LogP contribution in [-0.2, 0) is 13.6 Å². The molecule has 3 aromatic heterocycles. The van der Waals surface area contributed by atoms with E-state index in [4.69, 9.17) is 0 Å². The highest BCUT2D eigenvalue weighted by molar-refractivity contribution is 5.75. The molecule has 0 saturated carbocycles. The predicted octanol–water partition coefficient (Wildman–Crippen LogP) is 3.25. The summed E-state index contributed by atoms with van der Waals surface area (Å²) in [6.07, 6.45) is 1.75. The summed E-state index contributed by atoms with van der Waals surface area (Å²) < 4.78 is 45.1. The maximum absolute atomic E-state index is 12.6. The van der Waals surface area contributed by atoms with Crippen molar-refractivity contribution in [2.45, 2.75) is 12.9 Å². The molecule has 0 amide bonds. The van der Waals surface area contributed by atoms with Gasteiger partial charge in [-0.05, 0) is 6.07 Å². The van der Waals surface area contributed by atoms with Crippen LogP contribution in [0.4, 0.5) is 24.8 Å². The van der Waals surface area contributed by atoms with E-state index in [9.17, 15) is 13.2 Å². The van der Waals surface area contributed by atoms with Gasteiger partial charge in [-0.3, -0.25) is 4.68 Å². The van der Waals surface area contributed by atoms with Crippen LogP contribution in [0.1, 0.15) is 5.56 Å². The summed E-state index contributed by atoms with van der Waals surface area (Å²) in [6, 6.07) is 5.92. The quantitative estimate of drug-likeness (QED) is 0.564. The molecule has 3 heterocycles. The van der Waals surface area contributed by atoms with Gasteiger partial charge in [0, 0.05) is 25.0 Å². The Morgan fingerprint density at radius 1 is 1.11 bits per heavy atom. The van der Waals surface area contributed by atoms with Crippen LogP contribution in [0.15, 0.2) is 49.1 Å². The number of nitrogens with zero attached hydrogens (tertiary/aromatic N) is 6. The second-order valence-corrected chi connectivity index (χ2v) is 5.96. The van der Waals surface area contributed by atoms with E-state index in [2.05, 4.69) is 30.2 Å². The van der Waals surface area contributed by atoms with E-state index < -0.39 is 6.36 Å². The Labute approximate surface area is 156 Å². The normalized spacial score (nSPS) is 11.7. The second kappa shape index (κ2) is 6.83. The molecule has 144 valence electrons. The van der Waals surface area contributed by atoms with Crippen LogP contribution in [0.5, 0.6) is 5.75 Å². The molecule has 0 aliphatic heterocycles. The van der Waals surface area contributed by atoms with Gasteiger partial charge in [0.15, 0.2) is 5.65 Å². The van der Waals surface area contributed by atoms with Crippen LogP contribution >= 0.6 is 0 Å². The van der Waals surface area contributed by atoms with Crippen molar-refractivity contribution in [3.05, 3.63) is 54.6 Å². The lowest BCUT2D eigenvalue weighted by molar-refractivity contribution is -0.274. The van der Waals surface area contributed by atoms with Crippen LogP contribution in [0.2, 0.25) is 0 Å². The third-order valence-corrected chi connectivity index (χ3v) is 3.86. The van der Waals surface area contributed by atoms with Gasteiger partial charge in [0.25, 0.3) is 0 Å². The van der Waals surface area contributed by atoms with E-state index >= 15 is 0 Å². The number of halogens is 3. The molecule has 0 radical (unpaired) electrons. The molecule has 0 spiro atoms. The second-order valence-electron chi connectivity index (χ2n) is 5.96. The van der Waals surface area contributed by atoms with Crippen LogP contribution < -0.4 is 10.1 Å². The zero-order valence-electron chi connectivity index (χ0n) is 14.6. The minimum absolute atomic E-state index is 0.0547. The number of para-hydroxylation sites is 1. The number of aryl methyl sites for hydroxylation is 1. The van der Waals surface area contributed by atoms with Crippen molar-refractivity contribution < 1.29 is 17.9 Å². The number of anilines is 2. The van der Waals surface area contributed by atoms with E-state index in [-0.39, 0.29) is 12.3 Å². The first-order valence-electron chi connectivity index (χ1n) is 8.15. The molecule has 0 atom stereocenters. The molecule has 28 heavy (non-hydrogen) atoms. The predicted molar refractivity (Wildman–Crippen MR) is 94.0 cm³/mol. The monoisotopic (exact) mass is 389 g/mol. The Kier molecular flexibility index (Phi) is 4.34. The van der Waals surface area contributed by atoms with Crippen molar-refractivity contribution in [1.29, 1.82) is 0 Å². The van der Waals surface area contributed by atoms with Crippen molar-refractivity contribution in [2.24, 2.45) is 7.05 Å². The fraction of sp³-hybridized carbons (Fsp3) is 0.176. The highest BCUT2D eigenvalue weighted by Gasteiger charge is 2.32. The average molecular weight is 389 g/mol. The number of hydrogen-bond acceptors (Lipinski definition) is 6. The number of ether oxygens (including phenoxy) is 1. The number of alkyl halides is 3. The summed E-state index contributed by atoms with van der Waals surface area (Å²) in [6.45, 7) is 0.0547. The molecule has 1 aromatic carbocycles. The Morgan fingerprint density at radius 2 is 1.93 bits per heavy atom. The lowest BCUT2D eigenvalue weighted by atomic mass is 10.2. The largest absolute Gasteiger partial charge is 0.573 e. The fourth-order valence-corrected chi connectivity index (χ4v) is 2.68. The van der Waals surface area contributed by atoms with Gasteiger partial charge in [-0.2, -0.15) is 15.2 Å². The van der Waals surface area contributed by atoms with Gasteiger partial charge in [-0.15, -0.1) is 13.2 Å². The number of benzene rings is 1. The van der Waals surface area contributed by atoms with E-state index in [0.717, 1.165) is 0 Å². The van der Waals surface area contributed by atoms with E-state index in [1.807, 2.05) is 0 Å². The summed E-state index contributed by atoms with van der Waals surface area (Å²) in [5.41, 5.74) is 1.50. The lowest BCUT2D eigenvalue weighted by Gasteiger charge is -2.13. The molecule has 0 aliphatic carbocycles. The molecule has 0 saturated heterocycles. The smallest absolute Gasteiger partial charge is 0.405 e. The standard InChI is InChI=1S/C17H14F3N7O/c1-26-10-13(8-22-26)24-16-21-6-12-7-23-27(15(12)25-16)9-11-4-2-3-5-14(11)28-17(18,19)20/h2-8,10H,9H2,1H3,(H,21,24,25). The fourth-order valence-electron chi connectivity index (χ4n) is 2.68. The summed E-state index contributed by atoms with van der Waals surface area (Å²) >= 11 is 0. The van der Waals surface area contributed by atoms with Gasteiger partial charge in [-0.25, -0.2) is 9.67 Å². The lowest BCUT2D eigenvalue weighted by Crippen LogP contribution is -2.18. The first-order valence-corrected chi connectivity index (χ1v) is 8.15. The molecule has 0 bridgehead atoms. The molecule has 0 unspecified atom stereocenters. The molecule has 8 nitrogen and oxygen atoms in total. The van der Waals surface area contributed by atoms with E-state index in [0.29, 0.717) is 28.2 Å². The number of fused-ring (bicyclic) bond motifs is 1. The van der Waals surface area contributed by atoms with Gasteiger partial charge in [0.2, 0.25) is 5.95 Å². The van der Waals surface area contributed by atoms with Crippen molar-refractivity contribution in [3.63, 3.8) is 0 Å². The van der Waals surface area contributed by atoms with Crippen LogP contribution in [0, 0.1) is 0 Å². The highest BCUT2D eigenvalue weighted by Crippen LogP contribution is 2.27. The number of nitrogens with one attached hydrogen (secondary N) is 1. The Bertz CT molecular complexity index is 1120. The summed E-state index contributed by atoms with van der Waals surface area (Å²) in [5, 5.41) is 11.9. The first kappa shape index (κ1) is 17.8. The topological polar surface area (TPSA) is 82.7 Å². The minimum Gasteiger partial charge on any atom is -0.405 e. The number of rotatable bonds is 5. The Morgan fingerprint density at radius 3 is 2.68 bits per heavy atom. The number of aromatic nitrogens is 6. The molecular formula is C17H14F3N7O. The highest BCUT2D eigenvalue weighted by atomic mass is 19.4. The summed E-state index contributed by atoms with van der Waals surface area (Å²) in [7, 11) is 1.78. The molecule has 1 N–H and O–H groups in total. The van der Waals surface area contributed by atoms with Crippen molar-refractivity contribution >= 4 is 22.7 Å². The van der Waals surface area contributed by atoms with Crippen molar-refractivity contribution in [1.82, 2.24) is 29.5 Å². The molecule has 11 heteroatoms. The minimum atomic E-state index is -4.77. The van der Waals surface area contributed by atoms with Crippen molar-refractivity contribution in [3.8, 4) is 5.75 Å². The molecule has 0 aliphatic rings. The van der Waals surface area contributed by atoms with E-state index in [1.54, 1.807) is 48.6 Å². The van der Waals surface area contributed by atoms with Crippen LogP contribution in [0.3, 0.4) is 0 Å². The van der Waals surface area contributed by atoms with Crippen LogP contribution in [0.25, 0.3) is 11.0 Å². The van der Waals surface area contributed by atoms with Gasteiger partial charge >= 0.3 is 6.36 Å². The maximum Gasteiger partial charge on any atom is 0.573 e. The van der Waals surface area contributed by atoms with E-state index in [1.165, 1.54) is 16.8 Å². The molecule has 0 fully saturated rings. The van der Waals surface area contributed by atoms with Crippen molar-refractivity contribution in [2.75, 3.05) is 5.32 Å².